The van der Waals surface area contributed by atoms with Gasteiger partial charge in [-0.3, -0.25) is 4.90 Å². The molecule has 0 radical (unpaired) electrons. The van der Waals surface area contributed by atoms with E-state index in [4.69, 9.17) is 10.5 Å². The average Bonchev–Trinajstić information content (AvgIpc) is 2.45. The zero-order valence-electron chi connectivity index (χ0n) is 15.2. The minimum Gasteiger partial charge on any atom is -0.373 e. The van der Waals surface area contributed by atoms with Crippen LogP contribution in [0.5, 0.6) is 0 Å². The summed E-state index contributed by atoms with van der Waals surface area (Å²) in [6.07, 6.45) is 0.618. The smallest absolute Gasteiger partial charge is 0.189 e. The number of aliphatic imine (C=N–C) groups is 1. The third-order valence-corrected chi connectivity index (χ3v) is 3.79. The number of hydrogen-bond acceptors (Lipinski definition) is 3. The second-order valence-electron chi connectivity index (χ2n) is 6.77. The van der Waals surface area contributed by atoms with Crippen LogP contribution < -0.4 is 11.1 Å². The highest BCUT2D eigenvalue weighted by atomic mass is 127. The Hall–Kier alpha value is -0.860. The van der Waals surface area contributed by atoms with Crippen LogP contribution in [0, 0.1) is 0 Å². The molecule has 0 amide bonds. The number of benzene rings is 1. The molecule has 1 aromatic carbocycles. The van der Waals surface area contributed by atoms with Crippen molar-refractivity contribution in [1.82, 2.24) is 10.2 Å². The number of nitrogens with zero attached hydrogens (tertiary/aromatic N) is 2. The van der Waals surface area contributed by atoms with Crippen molar-refractivity contribution < 1.29 is 4.74 Å². The molecule has 0 spiro atoms. The van der Waals surface area contributed by atoms with Crippen LogP contribution in [0.15, 0.2) is 29.3 Å². The molecule has 1 aliphatic rings. The van der Waals surface area contributed by atoms with Crippen molar-refractivity contribution in [2.45, 2.75) is 59.0 Å². The van der Waals surface area contributed by atoms with Gasteiger partial charge in [0.1, 0.15) is 0 Å². The number of halogens is 1. The van der Waals surface area contributed by atoms with E-state index in [1.165, 1.54) is 11.1 Å². The number of nitrogens with one attached hydrogen (secondary N) is 1. The molecule has 5 nitrogen and oxygen atoms in total. The highest BCUT2D eigenvalue weighted by molar-refractivity contribution is 14.0. The van der Waals surface area contributed by atoms with Crippen LogP contribution in [0.1, 0.15) is 38.8 Å². The van der Waals surface area contributed by atoms with E-state index >= 15 is 0 Å². The molecule has 1 aliphatic heterocycles. The van der Waals surface area contributed by atoms with Gasteiger partial charge < -0.3 is 15.8 Å². The number of guanidine groups is 1. The molecule has 1 saturated heterocycles. The van der Waals surface area contributed by atoms with Crippen LogP contribution in [-0.4, -0.2) is 42.2 Å². The number of nitrogens with two attached hydrogens (primary N) is 1. The lowest BCUT2D eigenvalue weighted by atomic mass is 10.1. The minimum atomic E-state index is 0. The molecular weight excluding hydrogens is 415 g/mol. The van der Waals surface area contributed by atoms with E-state index < -0.39 is 0 Å². The van der Waals surface area contributed by atoms with E-state index in [1.807, 2.05) is 13.8 Å². The highest BCUT2D eigenvalue weighted by Crippen LogP contribution is 2.15. The van der Waals surface area contributed by atoms with Gasteiger partial charge in [-0.2, -0.15) is 0 Å². The molecule has 24 heavy (non-hydrogen) atoms. The fourth-order valence-electron chi connectivity index (χ4n) is 2.94. The van der Waals surface area contributed by atoms with Gasteiger partial charge in [0.05, 0.1) is 18.8 Å². The lowest BCUT2D eigenvalue weighted by molar-refractivity contribution is -0.0704. The molecule has 2 rings (SSSR count). The van der Waals surface area contributed by atoms with Crippen molar-refractivity contribution in [1.29, 1.82) is 0 Å². The molecule has 1 fully saturated rings. The lowest BCUT2D eigenvalue weighted by Crippen LogP contribution is -2.44. The van der Waals surface area contributed by atoms with Gasteiger partial charge in [0.15, 0.2) is 5.96 Å². The van der Waals surface area contributed by atoms with E-state index in [0.29, 0.717) is 30.8 Å². The van der Waals surface area contributed by atoms with Gasteiger partial charge >= 0.3 is 0 Å². The molecule has 1 heterocycles. The molecule has 2 atom stereocenters. The van der Waals surface area contributed by atoms with Crippen molar-refractivity contribution >= 4 is 29.9 Å². The van der Waals surface area contributed by atoms with Gasteiger partial charge in [-0.15, -0.1) is 24.0 Å². The maximum absolute atomic E-state index is 5.82. The first-order chi connectivity index (χ1) is 10.9. The summed E-state index contributed by atoms with van der Waals surface area (Å²) in [7, 11) is 0. The van der Waals surface area contributed by atoms with Crippen molar-refractivity contribution in [2.75, 3.05) is 13.1 Å². The van der Waals surface area contributed by atoms with Crippen molar-refractivity contribution in [3.8, 4) is 0 Å². The third-order valence-electron chi connectivity index (χ3n) is 3.79. The zero-order valence-corrected chi connectivity index (χ0v) is 17.5. The van der Waals surface area contributed by atoms with Crippen LogP contribution in [0.2, 0.25) is 0 Å². The Labute approximate surface area is 163 Å². The average molecular weight is 446 g/mol. The van der Waals surface area contributed by atoms with Crippen molar-refractivity contribution in [3.05, 3.63) is 35.4 Å². The molecule has 6 heteroatoms. The van der Waals surface area contributed by atoms with Crippen LogP contribution in [0.4, 0.5) is 0 Å². The second kappa shape index (κ2) is 10.2. The molecule has 0 aromatic heterocycles. The van der Waals surface area contributed by atoms with Gasteiger partial charge in [0.2, 0.25) is 0 Å². The Morgan fingerprint density at radius 1 is 1.21 bits per heavy atom. The quantitative estimate of drug-likeness (QED) is 0.415. The summed E-state index contributed by atoms with van der Waals surface area (Å²) in [5, 5.41) is 3.10. The Balaban J connectivity index is 0.00000288. The first-order valence-corrected chi connectivity index (χ1v) is 8.44. The van der Waals surface area contributed by atoms with E-state index in [1.54, 1.807) is 0 Å². The van der Waals surface area contributed by atoms with Gasteiger partial charge in [0.25, 0.3) is 0 Å². The maximum Gasteiger partial charge on any atom is 0.189 e. The normalized spacial score (nSPS) is 22.3. The molecule has 136 valence electrons. The largest absolute Gasteiger partial charge is 0.373 e. The number of morpholine rings is 1. The summed E-state index contributed by atoms with van der Waals surface area (Å²) in [6.45, 7) is 11.9. The Morgan fingerprint density at radius 2 is 1.75 bits per heavy atom. The molecule has 0 aliphatic carbocycles. The Morgan fingerprint density at radius 3 is 2.29 bits per heavy atom. The minimum absolute atomic E-state index is 0. The number of ether oxygens (including phenoxy) is 1. The van der Waals surface area contributed by atoms with Gasteiger partial charge in [-0.05, 0) is 38.8 Å². The molecule has 0 bridgehead atoms. The fourth-order valence-corrected chi connectivity index (χ4v) is 2.94. The predicted molar refractivity (Wildman–Crippen MR) is 111 cm³/mol. The fraction of sp³-hybridized carbons (Fsp3) is 0.611. The monoisotopic (exact) mass is 446 g/mol. The highest BCUT2D eigenvalue weighted by Gasteiger charge is 2.21. The zero-order chi connectivity index (χ0) is 16.8. The summed E-state index contributed by atoms with van der Waals surface area (Å²) in [4.78, 5) is 6.81. The van der Waals surface area contributed by atoms with Crippen LogP contribution in [0.3, 0.4) is 0 Å². The van der Waals surface area contributed by atoms with Crippen molar-refractivity contribution in [2.24, 2.45) is 10.7 Å². The first kappa shape index (κ1) is 21.2. The summed E-state index contributed by atoms with van der Waals surface area (Å²) >= 11 is 0. The molecule has 3 N–H and O–H groups in total. The first-order valence-electron chi connectivity index (χ1n) is 8.44. The van der Waals surface area contributed by atoms with E-state index in [-0.39, 0.29) is 24.0 Å². The van der Waals surface area contributed by atoms with E-state index in [9.17, 15) is 0 Å². The summed E-state index contributed by atoms with van der Waals surface area (Å²) in [6, 6.07) is 8.94. The van der Waals surface area contributed by atoms with Gasteiger partial charge in [-0.1, -0.05) is 24.3 Å². The summed E-state index contributed by atoms with van der Waals surface area (Å²) < 4.78 is 5.78. The van der Waals surface area contributed by atoms with Gasteiger partial charge in [-0.25, -0.2) is 4.99 Å². The van der Waals surface area contributed by atoms with Crippen LogP contribution >= 0.6 is 24.0 Å². The Kier molecular flexibility index (Phi) is 9.01. The Bertz CT molecular complexity index is 508. The van der Waals surface area contributed by atoms with Gasteiger partial charge in [0, 0.05) is 25.7 Å². The van der Waals surface area contributed by atoms with Crippen LogP contribution in [0.25, 0.3) is 0 Å². The topological polar surface area (TPSA) is 62.9 Å². The van der Waals surface area contributed by atoms with Crippen LogP contribution in [-0.2, 0) is 17.8 Å². The summed E-state index contributed by atoms with van der Waals surface area (Å²) in [5.41, 5.74) is 8.32. The second-order valence-corrected chi connectivity index (χ2v) is 6.77. The molecule has 2 unspecified atom stereocenters. The van der Waals surface area contributed by atoms with E-state index in [0.717, 1.165) is 19.6 Å². The molecular formula is C18H31IN4O. The molecule has 0 saturated carbocycles. The SMILES string of the molecule is CC(C)NC(N)=NCc1ccc(CN2CC(C)OC(C)C2)cc1.I. The molecule has 1 aromatic rings. The maximum atomic E-state index is 5.82. The lowest BCUT2D eigenvalue weighted by Gasteiger charge is -2.35. The standard InChI is InChI=1S/C18H30N4O.HI/c1-13(2)21-18(19)20-9-16-5-7-17(8-6-16)12-22-10-14(3)23-15(4)11-22;/h5-8,13-15H,9-12H2,1-4H3,(H3,19,20,21);1H. The summed E-state index contributed by atoms with van der Waals surface area (Å²) in [5.74, 6) is 0.500. The van der Waals surface area contributed by atoms with Crippen molar-refractivity contribution in [3.63, 3.8) is 0 Å². The number of rotatable bonds is 5. The third kappa shape index (κ3) is 7.36. The van der Waals surface area contributed by atoms with E-state index in [2.05, 4.69) is 53.3 Å². The predicted octanol–water partition coefficient (Wildman–Crippen LogP) is 2.73. The number of hydrogen-bond donors (Lipinski definition) is 2.